The van der Waals surface area contributed by atoms with Crippen LogP contribution >= 0.6 is 0 Å². The smallest absolute Gasteiger partial charge is 0.320 e. The highest BCUT2D eigenvalue weighted by Gasteiger charge is 2.21. The van der Waals surface area contributed by atoms with Crippen LogP contribution in [0.3, 0.4) is 0 Å². The van der Waals surface area contributed by atoms with E-state index in [0.29, 0.717) is 26.2 Å². The molecule has 1 amide bonds. The number of benzene rings is 1. The first-order chi connectivity index (χ1) is 11.6. The van der Waals surface area contributed by atoms with Crippen LogP contribution < -0.4 is 4.74 Å². The van der Waals surface area contributed by atoms with E-state index in [9.17, 15) is 9.59 Å². The number of rotatable bonds is 6. The Balaban J connectivity index is 1.79. The van der Waals surface area contributed by atoms with Crippen LogP contribution in [0.15, 0.2) is 24.3 Å². The lowest BCUT2D eigenvalue weighted by molar-refractivity contribution is -0.144. The van der Waals surface area contributed by atoms with Crippen molar-refractivity contribution in [1.29, 1.82) is 0 Å². The predicted molar refractivity (Wildman–Crippen MR) is 90.9 cm³/mol. The third-order valence-electron chi connectivity index (χ3n) is 4.04. The average molecular weight is 334 g/mol. The number of hydrogen-bond donors (Lipinski definition) is 0. The van der Waals surface area contributed by atoms with Gasteiger partial charge in [0.05, 0.1) is 13.2 Å². The number of nitrogens with zero attached hydrogens (tertiary/aromatic N) is 2. The zero-order chi connectivity index (χ0) is 17.4. The Morgan fingerprint density at radius 2 is 1.92 bits per heavy atom. The molecule has 1 saturated heterocycles. The maximum Gasteiger partial charge on any atom is 0.320 e. The number of para-hydroxylation sites is 1. The summed E-state index contributed by atoms with van der Waals surface area (Å²) in [5.41, 5.74) is 1.02. The van der Waals surface area contributed by atoms with E-state index in [0.717, 1.165) is 24.3 Å². The van der Waals surface area contributed by atoms with Gasteiger partial charge in [-0.15, -0.1) is 0 Å². The normalized spacial score (nSPS) is 15.7. The van der Waals surface area contributed by atoms with Crippen LogP contribution in [-0.4, -0.2) is 67.6 Å². The van der Waals surface area contributed by atoms with Crippen LogP contribution in [0.1, 0.15) is 18.9 Å². The highest BCUT2D eigenvalue weighted by atomic mass is 16.5. The van der Waals surface area contributed by atoms with Gasteiger partial charge in [0.15, 0.2) is 6.61 Å². The number of ether oxygens (including phenoxy) is 2. The van der Waals surface area contributed by atoms with E-state index in [4.69, 9.17) is 9.47 Å². The van der Waals surface area contributed by atoms with Crippen molar-refractivity contribution in [2.24, 2.45) is 0 Å². The van der Waals surface area contributed by atoms with Gasteiger partial charge in [0.2, 0.25) is 0 Å². The van der Waals surface area contributed by atoms with E-state index >= 15 is 0 Å². The molecule has 0 saturated carbocycles. The van der Waals surface area contributed by atoms with E-state index < -0.39 is 0 Å². The lowest BCUT2D eigenvalue weighted by Crippen LogP contribution is -2.39. The molecule has 1 heterocycles. The number of carbonyl (C=O) groups excluding carboxylic acids is 2. The highest BCUT2D eigenvalue weighted by Crippen LogP contribution is 2.16. The number of hydrogen-bond acceptors (Lipinski definition) is 5. The minimum absolute atomic E-state index is 0.0174. The summed E-state index contributed by atoms with van der Waals surface area (Å²) in [4.78, 5) is 27.8. The summed E-state index contributed by atoms with van der Waals surface area (Å²) in [7, 11) is 0. The summed E-state index contributed by atoms with van der Waals surface area (Å²) >= 11 is 0. The molecule has 6 heteroatoms. The average Bonchev–Trinajstić information content (AvgIpc) is 2.80. The van der Waals surface area contributed by atoms with E-state index in [-0.39, 0.29) is 25.0 Å². The van der Waals surface area contributed by atoms with Gasteiger partial charge >= 0.3 is 5.97 Å². The SMILES string of the molecule is CCOC(=O)CN1CCCN(C(=O)COc2ccccc2C)CC1. The van der Waals surface area contributed by atoms with Crippen LogP contribution in [0.2, 0.25) is 0 Å². The number of carbonyl (C=O) groups is 2. The fraction of sp³-hybridized carbons (Fsp3) is 0.556. The van der Waals surface area contributed by atoms with Crippen LogP contribution in [0, 0.1) is 6.92 Å². The Hall–Kier alpha value is -2.08. The van der Waals surface area contributed by atoms with Crippen molar-refractivity contribution >= 4 is 11.9 Å². The monoisotopic (exact) mass is 334 g/mol. The molecule has 0 bridgehead atoms. The zero-order valence-corrected chi connectivity index (χ0v) is 14.5. The van der Waals surface area contributed by atoms with E-state index in [1.54, 1.807) is 6.92 Å². The molecular formula is C18H26N2O4. The molecule has 1 aliphatic rings. The molecule has 1 fully saturated rings. The lowest BCUT2D eigenvalue weighted by atomic mass is 10.2. The Kier molecular flexibility index (Phi) is 7.06. The summed E-state index contributed by atoms with van der Waals surface area (Å²) in [5, 5.41) is 0. The quantitative estimate of drug-likeness (QED) is 0.738. The largest absolute Gasteiger partial charge is 0.484 e. The minimum Gasteiger partial charge on any atom is -0.484 e. The molecule has 2 rings (SSSR count). The topological polar surface area (TPSA) is 59.1 Å². The summed E-state index contributed by atoms with van der Waals surface area (Å²) in [6.07, 6.45) is 0.843. The number of amides is 1. The van der Waals surface area contributed by atoms with Gasteiger partial charge in [0, 0.05) is 26.2 Å². The molecular weight excluding hydrogens is 308 g/mol. The van der Waals surface area contributed by atoms with Gasteiger partial charge in [-0.2, -0.15) is 0 Å². The number of esters is 1. The molecule has 0 aromatic heterocycles. The molecule has 0 unspecified atom stereocenters. The van der Waals surface area contributed by atoms with Gasteiger partial charge in [0.25, 0.3) is 5.91 Å². The maximum absolute atomic E-state index is 12.4. The highest BCUT2D eigenvalue weighted by molar-refractivity contribution is 5.78. The Labute approximate surface area is 143 Å². The molecule has 0 N–H and O–H groups in total. The first kappa shape index (κ1) is 18.3. The zero-order valence-electron chi connectivity index (χ0n) is 14.5. The van der Waals surface area contributed by atoms with Gasteiger partial charge in [-0.25, -0.2) is 0 Å². The van der Waals surface area contributed by atoms with Crippen molar-refractivity contribution in [3.05, 3.63) is 29.8 Å². The van der Waals surface area contributed by atoms with Crippen molar-refractivity contribution in [3.8, 4) is 5.75 Å². The molecule has 1 aromatic carbocycles. The molecule has 1 aromatic rings. The second-order valence-corrected chi connectivity index (χ2v) is 5.87. The molecule has 24 heavy (non-hydrogen) atoms. The van der Waals surface area contributed by atoms with Crippen LogP contribution in [0.4, 0.5) is 0 Å². The molecule has 1 aliphatic heterocycles. The first-order valence-corrected chi connectivity index (χ1v) is 8.44. The summed E-state index contributed by atoms with van der Waals surface area (Å²) < 4.78 is 10.6. The molecule has 0 aliphatic carbocycles. The molecule has 6 nitrogen and oxygen atoms in total. The van der Waals surface area contributed by atoms with Crippen LogP contribution in [0.25, 0.3) is 0 Å². The van der Waals surface area contributed by atoms with Gasteiger partial charge in [-0.3, -0.25) is 14.5 Å². The van der Waals surface area contributed by atoms with Crippen molar-refractivity contribution in [3.63, 3.8) is 0 Å². The third kappa shape index (κ3) is 5.53. The van der Waals surface area contributed by atoms with Crippen molar-refractivity contribution < 1.29 is 19.1 Å². The van der Waals surface area contributed by atoms with Gasteiger partial charge in [0.1, 0.15) is 5.75 Å². The second kappa shape index (κ2) is 9.27. The lowest BCUT2D eigenvalue weighted by Gasteiger charge is -2.21. The second-order valence-electron chi connectivity index (χ2n) is 5.87. The van der Waals surface area contributed by atoms with Crippen molar-refractivity contribution in [2.75, 3.05) is 45.9 Å². The summed E-state index contributed by atoms with van der Waals surface area (Å²) in [6, 6.07) is 7.66. The van der Waals surface area contributed by atoms with Crippen molar-refractivity contribution in [1.82, 2.24) is 9.80 Å². The predicted octanol–water partition coefficient (Wildman–Crippen LogP) is 1.47. The fourth-order valence-corrected chi connectivity index (χ4v) is 2.72. The third-order valence-corrected chi connectivity index (χ3v) is 4.04. The first-order valence-electron chi connectivity index (χ1n) is 8.44. The Bertz CT molecular complexity index is 562. The maximum atomic E-state index is 12.4. The minimum atomic E-state index is -0.208. The standard InChI is InChI=1S/C18H26N2O4/c1-3-23-18(22)13-19-9-6-10-20(12-11-19)17(21)14-24-16-8-5-4-7-15(16)2/h4-5,7-8H,3,6,9-14H2,1-2H3. The molecule has 132 valence electrons. The molecule has 0 spiro atoms. The molecule has 0 atom stereocenters. The van der Waals surface area contributed by atoms with Gasteiger partial charge in [-0.1, -0.05) is 18.2 Å². The van der Waals surface area contributed by atoms with E-state index in [1.807, 2.05) is 41.0 Å². The van der Waals surface area contributed by atoms with Crippen LogP contribution in [-0.2, 0) is 14.3 Å². The Morgan fingerprint density at radius 3 is 2.67 bits per heavy atom. The number of aryl methyl sites for hydroxylation is 1. The summed E-state index contributed by atoms with van der Waals surface area (Å²) in [5.74, 6) is 0.515. The molecule has 0 radical (unpaired) electrons. The summed E-state index contributed by atoms with van der Waals surface area (Å²) in [6.45, 7) is 7.25. The van der Waals surface area contributed by atoms with E-state index in [2.05, 4.69) is 0 Å². The van der Waals surface area contributed by atoms with Crippen molar-refractivity contribution in [2.45, 2.75) is 20.3 Å². The Morgan fingerprint density at radius 1 is 1.12 bits per heavy atom. The van der Waals surface area contributed by atoms with Gasteiger partial charge < -0.3 is 14.4 Å². The fourth-order valence-electron chi connectivity index (χ4n) is 2.72. The van der Waals surface area contributed by atoms with Gasteiger partial charge in [-0.05, 0) is 31.9 Å². The van der Waals surface area contributed by atoms with E-state index in [1.165, 1.54) is 0 Å². The van der Waals surface area contributed by atoms with Crippen LogP contribution in [0.5, 0.6) is 5.75 Å².